The van der Waals surface area contributed by atoms with Crippen LogP contribution in [-0.4, -0.2) is 32.8 Å². The number of aryl methyl sites for hydroxylation is 1. The molecule has 0 atom stereocenters. The Kier molecular flexibility index (Phi) is 5.27. The lowest BCUT2D eigenvalue weighted by Crippen LogP contribution is -2.32. The summed E-state index contributed by atoms with van der Waals surface area (Å²) in [5, 5.41) is 0. The number of likely N-dealkylation sites (N-methyl/N-ethyl adjacent to an activating group) is 1. The molecule has 110 valence electrons. The highest BCUT2D eigenvalue weighted by atomic mass is 16.5. The Morgan fingerprint density at radius 3 is 3.00 bits per heavy atom. The molecule has 1 aliphatic rings. The van der Waals surface area contributed by atoms with E-state index in [9.17, 15) is 4.79 Å². The van der Waals surface area contributed by atoms with Gasteiger partial charge in [-0.05, 0) is 43.9 Å². The molecule has 0 saturated carbocycles. The van der Waals surface area contributed by atoms with Gasteiger partial charge in [0.05, 0.1) is 19.3 Å². The molecule has 0 N–H and O–H groups in total. The molecule has 2 rings (SSSR count). The van der Waals surface area contributed by atoms with Gasteiger partial charge >= 0.3 is 5.97 Å². The molecule has 1 heterocycles. The standard InChI is InChI=1S/C16H23NO3/c1-3-17-10-11-20-15-9-8-13(12-14(15)17)6-4-5-7-16(18)19-2/h8-9,12H,3-7,10-11H2,1-2H3. The maximum Gasteiger partial charge on any atom is 0.305 e. The molecule has 1 aromatic rings. The van der Waals surface area contributed by atoms with E-state index in [0.717, 1.165) is 44.7 Å². The number of ether oxygens (including phenoxy) is 2. The van der Waals surface area contributed by atoms with Gasteiger partial charge in [-0.3, -0.25) is 4.79 Å². The van der Waals surface area contributed by atoms with Crippen molar-refractivity contribution in [3.05, 3.63) is 23.8 Å². The molecule has 4 nitrogen and oxygen atoms in total. The SMILES string of the molecule is CCN1CCOc2ccc(CCCCC(=O)OC)cc21. The molecule has 1 aromatic carbocycles. The number of anilines is 1. The largest absolute Gasteiger partial charge is 0.490 e. The van der Waals surface area contributed by atoms with Gasteiger partial charge in [-0.25, -0.2) is 0 Å². The fraction of sp³-hybridized carbons (Fsp3) is 0.562. The van der Waals surface area contributed by atoms with Crippen LogP contribution in [0.3, 0.4) is 0 Å². The van der Waals surface area contributed by atoms with Gasteiger partial charge in [0.25, 0.3) is 0 Å². The summed E-state index contributed by atoms with van der Waals surface area (Å²) in [7, 11) is 1.44. The van der Waals surface area contributed by atoms with Crippen LogP contribution in [-0.2, 0) is 16.0 Å². The molecule has 0 aliphatic carbocycles. The van der Waals surface area contributed by atoms with E-state index in [4.69, 9.17) is 4.74 Å². The van der Waals surface area contributed by atoms with Gasteiger partial charge in [-0.1, -0.05) is 6.07 Å². The first-order valence-corrected chi connectivity index (χ1v) is 7.32. The molecule has 20 heavy (non-hydrogen) atoms. The Morgan fingerprint density at radius 1 is 1.40 bits per heavy atom. The van der Waals surface area contributed by atoms with Crippen LogP contribution in [0.15, 0.2) is 18.2 Å². The van der Waals surface area contributed by atoms with Crippen LogP contribution in [0.4, 0.5) is 5.69 Å². The first-order chi connectivity index (χ1) is 9.74. The number of esters is 1. The summed E-state index contributed by atoms with van der Waals surface area (Å²) in [4.78, 5) is 13.4. The van der Waals surface area contributed by atoms with Crippen LogP contribution in [0.1, 0.15) is 31.7 Å². The normalized spacial score (nSPS) is 13.6. The number of carbonyl (C=O) groups excluding carboxylic acids is 1. The highest BCUT2D eigenvalue weighted by Gasteiger charge is 2.16. The average molecular weight is 277 g/mol. The van der Waals surface area contributed by atoms with Gasteiger partial charge in [0.15, 0.2) is 0 Å². The van der Waals surface area contributed by atoms with Crippen molar-refractivity contribution in [2.45, 2.75) is 32.6 Å². The summed E-state index contributed by atoms with van der Waals surface area (Å²) in [5.41, 5.74) is 2.50. The smallest absolute Gasteiger partial charge is 0.305 e. The molecule has 0 unspecified atom stereocenters. The molecule has 4 heteroatoms. The van der Waals surface area contributed by atoms with E-state index >= 15 is 0 Å². The van der Waals surface area contributed by atoms with E-state index in [-0.39, 0.29) is 5.97 Å². The molecular formula is C16H23NO3. The van der Waals surface area contributed by atoms with Gasteiger partial charge < -0.3 is 14.4 Å². The van der Waals surface area contributed by atoms with Crippen molar-refractivity contribution in [1.82, 2.24) is 0 Å². The number of benzene rings is 1. The monoisotopic (exact) mass is 277 g/mol. The first kappa shape index (κ1) is 14.7. The predicted octanol–water partition coefficient (Wildman–Crippen LogP) is 2.79. The van der Waals surface area contributed by atoms with E-state index in [1.54, 1.807) is 0 Å². The Balaban J connectivity index is 1.91. The van der Waals surface area contributed by atoms with E-state index in [1.165, 1.54) is 18.4 Å². The second-order valence-electron chi connectivity index (χ2n) is 5.01. The lowest BCUT2D eigenvalue weighted by Gasteiger charge is -2.30. The maximum absolute atomic E-state index is 11.1. The first-order valence-electron chi connectivity index (χ1n) is 7.32. The van der Waals surface area contributed by atoms with Crippen LogP contribution < -0.4 is 9.64 Å². The third-order valence-corrected chi connectivity index (χ3v) is 3.69. The maximum atomic E-state index is 11.1. The summed E-state index contributed by atoms with van der Waals surface area (Å²) in [6.45, 7) is 4.88. The minimum absolute atomic E-state index is 0.124. The van der Waals surface area contributed by atoms with E-state index in [1.807, 2.05) is 0 Å². The number of fused-ring (bicyclic) bond motifs is 1. The summed E-state index contributed by atoms with van der Waals surface area (Å²) < 4.78 is 10.3. The summed E-state index contributed by atoms with van der Waals surface area (Å²) in [6.07, 6.45) is 3.37. The number of rotatable bonds is 6. The van der Waals surface area contributed by atoms with Crippen molar-refractivity contribution in [2.24, 2.45) is 0 Å². The minimum atomic E-state index is -0.124. The lowest BCUT2D eigenvalue weighted by atomic mass is 10.0. The van der Waals surface area contributed by atoms with Crippen molar-refractivity contribution in [3.8, 4) is 5.75 Å². The lowest BCUT2D eigenvalue weighted by molar-refractivity contribution is -0.140. The summed E-state index contributed by atoms with van der Waals surface area (Å²) >= 11 is 0. The van der Waals surface area contributed by atoms with Gasteiger partial charge in [0.1, 0.15) is 12.4 Å². The summed E-state index contributed by atoms with van der Waals surface area (Å²) in [5.74, 6) is 0.859. The molecule has 0 spiro atoms. The Morgan fingerprint density at radius 2 is 2.25 bits per heavy atom. The number of nitrogens with zero attached hydrogens (tertiary/aromatic N) is 1. The van der Waals surface area contributed by atoms with Crippen LogP contribution in [0, 0.1) is 0 Å². The Labute approximate surface area is 120 Å². The zero-order chi connectivity index (χ0) is 14.4. The number of unbranched alkanes of at least 4 members (excludes halogenated alkanes) is 1. The van der Waals surface area contributed by atoms with Crippen molar-refractivity contribution in [1.29, 1.82) is 0 Å². The highest BCUT2D eigenvalue weighted by Crippen LogP contribution is 2.32. The molecule has 0 fully saturated rings. The van der Waals surface area contributed by atoms with Crippen LogP contribution in [0.2, 0.25) is 0 Å². The topological polar surface area (TPSA) is 38.8 Å². The molecule has 0 bridgehead atoms. The minimum Gasteiger partial charge on any atom is -0.490 e. The van der Waals surface area contributed by atoms with Gasteiger partial charge in [0.2, 0.25) is 0 Å². The number of hydrogen-bond donors (Lipinski definition) is 0. The Bertz CT molecular complexity index is 459. The fourth-order valence-electron chi connectivity index (χ4n) is 2.50. The van der Waals surface area contributed by atoms with Crippen molar-refractivity contribution in [3.63, 3.8) is 0 Å². The van der Waals surface area contributed by atoms with E-state index in [2.05, 4.69) is 34.8 Å². The fourth-order valence-corrected chi connectivity index (χ4v) is 2.50. The Hall–Kier alpha value is -1.71. The van der Waals surface area contributed by atoms with Gasteiger partial charge in [-0.15, -0.1) is 0 Å². The third kappa shape index (κ3) is 3.65. The zero-order valence-electron chi connectivity index (χ0n) is 12.4. The second-order valence-corrected chi connectivity index (χ2v) is 5.01. The third-order valence-electron chi connectivity index (χ3n) is 3.69. The van der Waals surface area contributed by atoms with Gasteiger partial charge in [-0.2, -0.15) is 0 Å². The van der Waals surface area contributed by atoms with Crippen LogP contribution in [0.25, 0.3) is 0 Å². The number of hydrogen-bond acceptors (Lipinski definition) is 4. The van der Waals surface area contributed by atoms with E-state index in [0.29, 0.717) is 6.42 Å². The molecule has 0 saturated heterocycles. The number of carbonyl (C=O) groups is 1. The molecule has 0 aromatic heterocycles. The van der Waals surface area contributed by atoms with E-state index < -0.39 is 0 Å². The quantitative estimate of drug-likeness (QED) is 0.592. The average Bonchev–Trinajstić information content (AvgIpc) is 2.50. The molecular weight excluding hydrogens is 254 g/mol. The van der Waals surface area contributed by atoms with Crippen LogP contribution >= 0.6 is 0 Å². The molecule has 0 amide bonds. The van der Waals surface area contributed by atoms with Crippen molar-refractivity contribution >= 4 is 11.7 Å². The summed E-state index contributed by atoms with van der Waals surface area (Å²) in [6, 6.07) is 6.40. The van der Waals surface area contributed by atoms with Gasteiger partial charge in [0, 0.05) is 13.0 Å². The molecule has 1 aliphatic heterocycles. The highest BCUT2D eigenvalue weighted by molar-refractivity contribution is 5.69. The second kappa shape index (κ2) is 7.17. The zero-order valence-corrected chi connectivity index (χ0v) is 12.4. The predicted molar refractivity (Wildman–Crippen MR) is 79.4 cm³/mol. The van der Waals surface area contributed by atoms with Crippen molar-refractivity contribution in [2.75, 3.05) is 31.7 Å². The molecule has 0 radical (unpaired) electrons. The van der Waals surface area contributed by atoms with Crippen LogP contribution in [0.5, 0.6) is 5.75 Å². The number of methoxy groups -OCH3 is 1. The van der Waals surface area contributed by atoms with Crippen molar-refractivity contribution < 1.29 is 14.3 Å².